The molecule has 0 aliphatic heterocycles. The Morgan fingerprint density at radius 2 is 1.65 bits per heavy atom. The predicted molar refractivity (Wildman–Crippen MR) is 95.1 cm³/mol. The Kier molecular flexibility index (Phi) is 7.31. The molecule has 0 spiro atoms. The standard InChI is InChI=1S/C11H12Br3Cl2NO2S/c1-2-11(5-12,6-13)17-20(18,19)10-8(15)3-7(14)4-9(10)16/h3-4,17H,2,5-6H2,1H3. The lowest BCUT2D eigenvalue weighted by Gasteiger charge is -2.29. The average molecular weight is 533 g/mol. The summed E-state index contributed by atoms with van der Waals surface area (Å²) in [5.41, 5.74) is -0.640. The average Bonchev–Trinajstić information content (AvgIpc) is 2.34. The summed E-state index contributed by atoms with van der Waals surface area (Å²) < 4.78 is 28.4. The van der Waals surface area contributed by atoms with Gasteiger partial charge < -0.3 is 0 Å². The molecule has 9 heteroatoms. The minimum absolute atomic E-state index is 0.0750. The Bertz CT molecular complexity index is 560. The highest BCUT2D eigenvalue weighted by Crippen LogP contribution is 2.34. The van der Waals surface area contributed by atoms with Gasteiger partial charge in [-0.1, -0.05) is 77.9 Å². The number of hydrogen-bond acceptors (Lipinski definition) is 2. The van der Waals surface area contributed by atoms with E-state index in [9.17, 15) is 8.42 Å². The molecule has 1 rings (SSSR count). The van der Waals surface area contributed by atoms with Gasteiger partial charge in [-0.2, -0.15) is 0 Å². The Morgan fingerprint density at radius 1 is 1.20 bits per heavy atom. The zero-order valence-corrected chi connectivity index (χ0v) is 17.5. The van der Waals surface area contributed by atoms with Crippen molar-refractivity contribution in [3.63, 3.8) is 0 Å². The molecule has 3 nitrogen and oxygen atoms in total. The van der Waals surface area contributed by atoms with Crippen LogP contribution < -0.4 is 4.72 Å². The molecule has 0 heterocycles. The maximum atomic E-state index is 12.5. The van der Waals surface area contributed by atoms with Gasteiger partial charge in [-0.25, -0.2) is 13.1 Å². The molecule has 20 heavy (non-hydrogen) atoms. The minimum atomic E-state index is -3.83. The zero-order chi connectivity index (χ0) is 15.6. The molecule has 1 aromatic carbocycles. The van der Waals surface area contributed by atoms with Crippen LogP contribution in [0.4, 0.5) is 0 Å². The van der Waals surface area contributed by atoms with Gasteiger partial charge >= 0.3 is 0 Å². The Morgan fingerprint density at radius 3 is 2.00 bits per heavy atom. The van der Waals surface area contributed by atoms with Gasteiger partial charge in [0.1, 0.15) is 4.90 Å². The van der Waals surface area contributed by atoms with Gasteiger partial charge in [-0.15, -0.1) is 0 Å². The number of alkyl halides is 2. The van der Waals surface area contributed by atoms with Crippen LogP contribution >= 0.6 is 71.0 Å². The summed E-state index contributed by atoms with van der Waals surface area (Å²) in [6.07, 6.45) is 0.606. The number of halogens is 5. The number of benzene rings is 1. The zero-order valence-electron chi connectivity index (χ0n) is 10.4. The molecule has 0 aliphatic carbocycles. The summed E-state index contributed by atoms with van der Waals surface area (Å²) in [6, 6.07) is 3.00. The maximum absolute atomic E-state index is 12.5. The van der Waals surface area contributed by atoms with Crippen molar-refractivity contribution in [1.29, 1.82) is 0 Å². The smallest absolute Gasteiger partial charge is 0.207 e. The fourth-order valence-electron chi connectivity index (χ4n) is 1.47. The molecule has 0 radical (unpaired) electrons. The van der Waals surface area contributed by atoms with Crippen LogP contribution in [0.5, 0.6) is 0 Å². The van der Waals surface area contributed by atoms with E-state index in [-0.39, 0.29) is 14.9 Å². The third-order valence-corrected chi connectivity index (χ3v) is 7.87. The van der Waals surface area contributed by atoms with Crippen LogP contribution in [-0.4, -0.2) is 24.6 Å². The van der Waals surface area contributed by atoms with E-state index < -0.39 is 15.6 Å². The van der Waals surface area contributed by atoms with Crippen LogP contribution in [0.2, 0.25) is 10.0 Å². The first-order chi connectivity index (χ1) is 9.21. The third-order valence-electron chi connectivity index (χ3n) is 2.77. The van der Waals surface area contributed by atoms with E-state index in [2.05, 4.69) is 52.5 Å². The van der Waals surface area contributed by atoms with Gasteiger partial charge in [0.25, 0.3) is 0 Å². The van der Waals surface area contributed by atoms with Crippen LogP contribution in [0.3, 0.4) is 0 Å². The molecule has 0 aromatic heterocycles. The molecule has 114 valence electrons. The summed E-state index contributed by atoms with van der Waals surface area (Å²) in [4.78, 5) is -0.108. The van der Waals surface area contributed by atoms with Gasteiger partial charge in [0, 0.05) is 15.1 Å². The molecule has 0 saturated heterocycles. The fraction of sp³-hybridized carbons (Fsp3) is 0.455. The van der Waals surface area contributed by atoms with E-state index in [0.29, 0.717) is 21.6 Å². The summed E-state index contributed by atoms with van der Waals surface area (Å²) in [5, 5.41) is 1.08. The number of nitrogens with one attached hydrogen (secondary N) is 1. The molecular formula is C11H12Br3Cl2NO2S. The van der Waals surface area contributed by atoms with Crippen LogP contribution in [0.15, 0.2) is 21.5 Å². The highest BCUT2D eigenvalue weighted by molar-refractivity contribution is 9.10. The van der Waals surface area contributed by atoms with E-state index in [1.807, 2.05) is 6.92 Å². The Hall–Kier alpha value is 1.15. The van der Waals surface area contributed by atoms with E-state index in [1.165, 1.54) is 12.1 Å². The van der Waals surface area contributed by atoms with Crippen molar-refractivity contribution in [2.45, 2.75) is 23.8 Å². The summed E-state index contributed by atoms with van der Waals surface area (Å²) >= 11 is 21.9. The predicted octanol–water partition coefficient (Wildman–Crippen LogP) is 4.97. The van der Waals surface area contributed by atoms with Crippen molar-refractivity contribution < 1.29 is 8.42 Å². The second kappa shape index (κ2) is 7.62. The normalized spacial score (nSPS) is 12.7. The van der Waals surface area contributed by atoms with Gasteiger partial charge in [0.2, 0.25) is 10.0 Å². The molecule has 0 amide bonds. The van der Waals surface area contributed by atoms with Gasteiger partial charge in [0.15, 0.2) is 0 Å². The van der Waals surface area contributed by atoms with Crippen molar-refractivity contribution in [3.05, 3.63) is 26.7 Å². The third kappa shape index (κ3) is 4.33. The fourth-order valence-corrected chi connectivity index (χ4v) is 7.26. The molecular weight excluding hydrogens is 521 g/mol. The number of sulfonamides is 1. The molecule has 0 saturated carbocycles. The summed E-state index contributed by atoms with van der Waals surface area (Å²) in [7, 11) is -3.83. The number of rotatable bonds is 6. The first-order valence-electron chi connectivity index (χ1n) is 5.52. The Balaban J connectivity index is 3.32. The van der Waals surface area contributed by atoms with Crippen LogP contribution in [0.1, 0.15) is 13.3 Å². The molecule has 0 bridgehead atoms. The van der Waals surface area contributed by atoms with E-state index in [1.54, 1.807) is 0 Å². The van der Waals surface area contributed by atoms with Crippen molar-refractivity contribution in [2.24, 2.45) is 0 Å². The lowest BCUT2D eigenvalue weighted by Crippen LogP contribution is -2.51. The van der Waals surface area contributed by atoms with E-state index in [0.717, 1.165) is 0 Å². The van der Waals surface area contributed by atoms with Gasteiger partial charge in [0.05, 0.1) is 15.6 Å². The highest BCUT2D eigenvalue weighted by Gasteiger charge is 2.34. The molecule has 1 aromatic rings. The SMILES string of the molecule is CCC(CBr)(CBr)NS(=O)(=O)c1c(Cl)cc(Br)cc1Cl. The molecule has 0 fully saturated rings. The maximum Gasteiger partial charge on any atom is 0.244 e. The van der Waals surface area contributed by atoms with Gasteiger partial charge in [-0.05, 0) is 18.6 Å². The van der Waals surface area contributed by atoms with Crippen LogP contribution in [0, 0.1) is 0 Å². The highest BCUT2D eigenvalue weighted by atomic mass is 79.9. The van der Waals surface area contributed by atoms with Crippen molar-refractivity contribution >= 4 is 81.0 Å². The van der Waals surface area contributed by atoms with Crippen LogP contribution in [0.25, 0.3) is 0 Å². The molecule has 1 N–H and O–H groups in total. The minimum Gasteiger partial charge on any atom is -0.207 e. The quantitative estimate of drug-likeness (QED) is 0.526. The Labute approximate surface area is 154 Å². The summed E-state index contributed by atoms with van der Waals surface area (Å²) in [6.45, 7) is 1.90. The monoisotopic (exact) mass is 529 g/mol. The van der Waals surface area contributed by atoms with Gasteiger partial charge in [-0.3, -0.25) is 0 Å². The lowest BCUT2D eigenvalue weighted by atomic mass is 10.0. The largest absolute Gasteiger partial charge is 0.244 e. The second-order valence-electron chi connectivity index (χ2n) is 4.21. The van der Waals surface area contributed by atoms with Crippen molar-refractivity contribution in [3.8, 4) is 0 Å². The van der Waals surface area contributed by atoms with E-state index >= 15 is 0 Å². The molecule has 0 atom stereocenters. The lowest BCUT2D eigenvalue weighted by molar-refractivity contribution is 0.459. The topological polar surface area (TPSA) is 46.2 Å². The second-order valence-corrected chi connectivity index (χ2v) is 8.68. The molecule has 0 aliphatic rings. The first kappa shape index (κ1) is 19.2. The van der Waals surface area contributed by atoms with Crippen molar-refractivity contribution in [1.82, 2.24) is 4.72 Å². The number of hydrogen-bond donors (Lipinski definition) is 1. The molecule has 0 unspecified atom stereocenters. The summed E-state index contributed by atoms with van der Waals surface area (Å²) in [5.74, 6) is 0. The van der Waals surface area contributed by atoms with Crippen molar-refractivity contribution in [2.75, 3.05) is 10.7 Å². The van der Waals surface area contributed by atoms with E-state index in [4.69, 9.17) is 23.2 Å². The van der Waals surface area contributed by atoms with Crippen LogP contribution in [-0.2, 0) is 10.0 Å². The first-order valence-corrected chi connectivity index (χ1v) is 10.8.